The normalized spacial score (nSPS) is 18.4. The number of benzene rings is 1. The van der Waals surface area contributed by atoms with E-state index in [1.807, 2.05) is 0 Å². The van der Waals surface area contributed by atoms with Crippen LogP contribution in [0.3, 0.4) is 0 Å². The predicted molar refractivity (Wildman–Crippen MR) is 85.4 cm³/mol. The zero-order chi connectivity index (χ0) is 14.4. The fraction of sp³-hybridized carbons (Fsp3) is 0.600. The first-order chi connectivity index (χ1) is 9.72. The van der Waals surface area contributed by atoms with E-state index < -0.39 is 0 Å². The second kappa shape index (κ2) is 7.98. The molecule has 1 fully saturated rings. The van der Waals surface area contributed by atoms with Gasteiger partial charge in [0.15, 0.2) is 0 Å². The number of rotatable bonds is 7. The number of halogens is 1. The molecule has 0 aromatic heterocycles. The van der Waals surface area contributed by atoms with E-state index in [0.717, 1.165) is 43.8 Å². The molecule has 0 saturated carbocycles. The van der Waals surface area contributed by atoms with Gasteiger partial charge in [-0.15, -0.1) is 0 Å². The zero-order valence-electron chi connectivity index (χ0n) is 12.2. The van der Waals surface area contributed by atoms with Crippen LogP contribution in [0.5, 0.6) is 0 Å². The van der Waals surface area contributed by atoms with Crippen molar-refractivity contribution >= 4 is 21.6 Å². The van der Waals surface area contributed by atoms with Crippen LogP contribution in [-0.2, 0) is 16.0 Å². The zero-order valence-corrected chi connectivity index (χ0v) is 13.8. The van der Waals surface area contributed by atoms with Gasteiger partial charge in [-0.2, -0.15) is 0 Å². The van der Waals surface area contributed by atoms with Crippen molar-refractivity contribution in [1.82, 2.24) is 5.32 Å². The van der Waals surface area contributed by atoms with Gasteiger partial charge in [0.25, 0.3) is 0 Å². The molecule has 0 aliphatic carbocycles. The van der Waals surface area contributed by atoms with Crippen LogP contribution in [0.4, 0.5) is 5.69 Å². The van der Waals surface area contributed by atoms with Crippen molar-refractivity contribution in [3.63, 3.8) is 0 Å². The minimum Gasteiger partial charge on any atom is -0.383 e. The number of methoxy groups -OCH3 is 1. The molecular formula is C15H23BrN2O2. The van der Waals surface area contributed by atoms with Crippen molar-refractivity contribution in [2.75, 3.05) is 45.4 Å². The number of hydrogen-bond acceptors (Lipinski definition) is 4. The second-order valence-electron chi connectivity index (χ2n) is 5.07. The molecule has 1 heterocycles. The molecule has 0 spiro atoms. The highest BCUT2D eigenvalue weighted by Crippen LogP contribution is 2.27. The topological polar surface area (TPSA) is 33.7 Å². The third kappa shape index (κ3) is 4.19. The molecule has 112 valence electrons. The lowest BCUT2D eigenvalue weighted by atomic mass is 10.1. The smallest absolute Gasteiger partial charge is 0.0670 e. The quantitative estimate of drug-likeness (QED) is 0.771. The van der Waals surface area contributed by atoms with Gasteiger partial charge in [-0.1, -0.05) is 22.0 Å². The first-order valence-corrected chi connectivity index (χ1v) is 7.80. The van der Waals surface area contributed by atoms with Gasteiger partial charge in [-0.3, -0.25) is 0 Å². The summed E-state index contributed by atoms with van der Waals surface area (Å²) in [5.74, 6) is 0. The van der Waals surface area contributed by atoms with Gasteiger partial charge in [0.05, 0.1) is 19.3 Å². The summed E-state index contributed by atoms with van der Waals surface area (Å²) in [6, 6.07) is 6.93. The molecular weight excluding hydrogens is 320 g/mol. The summed E-state index contributed by atoms with van der Waals surface area (Å²) in [5.41, 5.74) is 2.57. The standard InChI is InChI=1S/C15H23BrN2O2/c1-18(14-5-7-20-11-14)15-9-13(16)4-3-12(15)10-17-6-8-19-2/h3-4,9,14,17H,5-8,10-11H2,1-2H3. The molecule has 1 aliphatic heterocycles. The molecule has 0 radical (unpaired) electrons. The largest absolute Gasteiger partial charge is 0.383 e. The molecule has 1 atom stereocenters. The average molecular weight is 343 g/mol. The van der Waals surface area contributed by atoms with E-state index in [2.05, 4.69) is 51.4 Å². The Morgan fingerprint density at radius 3 is 3.05 bits per heavy atom. The van der Waals surface area contributed by atoms with Crippen LogP contribution in [0.25, 0.3) is 0 Å². The summed E-state index contributed by atoms with van der Waals surface area (Å²) in [7, 11) is 3.88. The lowest BCUT2D eigenvalue weighted by molar-refractivity contribution is 0.193. The van der Waals surface area contributed by atoms with E-state index in [4.69, 9.17) is 9.47 Å². The Kier molecular flexibility index (Phi) is 6.29. The van der Waals surface area contributed by atoms with Crippen LogP contribution in [0.15, 0.2) is 22.7 Å². The maximum atomic E-state index is 5.50. The van der Waals surface area contributed by atoms with Gasteiger partial charge in [0, 0.05) is 44.0 Å². The Balaban J connectivity index is 2.06. The van der Waals surface area contributed by atoms with Crippen LogP contribution in [0.1, 0.15) is 12.0 Å². The van der Waals surface area contributed by atoms with E-state index in [1.165, 1.54) is 11.3 Å². The molecule has 1 aliphatic rings. The van der Waals surface area contributed by atoms with E-state index >= 15 is 0 Å². The Morgan fingerprint density at radius 1 is 1.50 bits per heavy atom. The molecule has 1 unspecified atom stereocenters. The predicted octanol–water partition coefficient (Wildman–Crippen LogP) is 2.41. The first kappa shape index (κ1) is 15.8. The number of anilines is 1. The molecule has 20 heavy (non-hydrogen) atoms. The number of nitrogens with zero attached hydrogens (tertiary/aromatic N) is 1. The molecule has 5 heteroatoms. The SMILES string of the molecule is COCCNCc1ccc(Br)cc1N(C)C1CCOC1. The molecule has 1 aromatic carbocycles. The van der Waals surface area contributed by atoms with Gasteiger partial charge < -0.3 is 19.7 Å². The summed E-state index contributed by atoms with van der Waals surface area (Å²) in [5, 5.41) is 3.41. The maximum absolute atomic E-state index is 5.50. The Labute approximate surface area is 129 Å². The third-order valence-electron chi connectivity index (χ3n) is 3.68. The van der Waals surface area contributed by atoms with Gasteiger partial charge in [0.2, 0.25) is 0 Å². The molecule has 1 saturated heterocycles. The minimum absolute atomic E-state index is 0.474. The molecule has 1 N–H and O–H groups in total. The van der Waals surface area contributed by atoms with Crippen molar-refractivity contribution in [2.24, 2.45) is 0 Å². The Morgan fingerprint density at radius 2 is 2.35 bits per heavy atom. The molecule has 2 rings (SSSR count). The van der Waals surface area contributed by atoms with Crippen LogP contribution < -0.4 is 10.2 Å². The summed E-state index contributed by atoms with van der Waals surface area (Å²) >= 11 is 3.57. The lowest BCUT2D eigenvalue weighted by Gasteiger charge is -2.28. The number of hydrogen-bond donors (Lipinski definition) is 1. The van der Waals surface area contributed by atoms with Crippen LogP contribution >= 0.6 is 15.9 Å². The van der Waals surface area contributed by atoms with E-state index in [0.29, 0.717) is 6.04 Å². The van der Waals surface area contributed by atoms with E-state index in [1.54, 1.807) is 7.11 Å². The lowest BCUT2D eigenvalue weighted by Crippen LogP contribution is -2.33. The maximum Gasteiger partial charge on any atom is 0.0670 e. The molecule has 1 aromatic rings. The monoisotopic (exact) mass is 342 g/mol. The molecule has 4 nitrogen and oxygen atoms in total. The van der Waals surface area contributed by atoms with Gasteiger partial charge in [-0.25, -0.2) is 0 Å². The number of ether oxygens (including phenoxy) is 2. The first-order valence-electron chi connectivity index (χ1n) is 7.01. The third-order valence-corrected chi connectivity index (χ3v) is 4.17. The van der Waals surface area contributed by atoms with Crippen molar-refractivity contribution in [3.8, 4) is 0 Å². The van der Waals surface area contributed by atoms with E-state index in [-0.39, 0.29) is 0 Å². The van der Waals surface area contributed by atoms with Crippen molar-refractivity contribution in [3.05, 3.63) is 28.2 Å². The van der Waals surface area contributed by atoms with E-state index in [9.17, 15) is 0 Å². The second-order valence-corrected chi connectivity index (χ2v) is 5.99. The highest BCUT2D eigenvalue weighted by atomic mass is 79.9. The minimum atomic E-state index is 0.474. The number of likely N-dealkylation sites (N-methyl/N-ethyl adjacent to an activating group) is 1. The van der Waals surface area contributed by atoms with Crippen LogP contribution in [0, 0.1) is 0 Å². The summed E-state index contributed by atoms with van der Waals surface area (Å²) < 4.78 is 11.7. The summed E-state index contributed by atoms with van der Waals surface area (Å²) in [4.78, 5) is 2.34. The van der Waals surface area contributed by atoms with Crippen LogP contribution in [0.2, 0.25) is 0 Å². The van der Waals surface area contributed by atoms with Gasteiger partial charge in [-0.05, 0) is 24.1 Å². The highest BCUT2D eigenvalue weighted by Gasteiger charge is 2.22. The van der Waals surface area contributed by atoms with Gasteiger partial charge >= 0.3 is 0 Å². The van der Waals surface area contributed by atoms with Crippen molar-refractivity contribution < 1.29 is 9.47 Å². The Hall–Kier alpha value is -0.620. The average Bonchev–Trinajstić information content (AvgIpc) is 2.98. The van der Waals surface area contributed by atoms with Crippen molar-refractivity contribution in [1.29, 1.82) is 0 Å². The number of nitrogens with one attached hydrogen (secondary N) is 1. The Bertz CT molecular complexity index is 422. The van der Waals surface area contributed by atoms with Gasteiger partial charge in [0.1, 0.15) is 0 Å². The fourth-order valence-corrected chi connectivity index (χ4v) is 2.79. The molecule has 0 bridgehead atoms. The van der Waals surface area contributed by atoms with Crippen LogP contribution in [-0.4, -0.2) is 46.6 Å². The molecule has 0 amide bonds. The summed E-state index contributed by atoms with van der Waals surface area (Å²) in [6.07, 6.45) is 1.10. The van der Waals surface area contributed by atoms with Crippen molar-refractivity contribution in [2.45, 2.75) is 19.0 Å². The fourth-order valence-electron chi connectivity index (χ4n) is 2.44. The highest BCUT2D eigenvalue weighted by molar-refractivity contribution is 9.10. The summed E-state index contributed by atoms with van der Waals surface area (Å²) in [6.45, 7) is 4.13.